The molecule has 1 fully saturated rings. The Balaban J connectivity index is 1.20. The van der Waals surface area contributed by atoms with E-state index in [1.807, 2.05) is 18.2 Å². The van der Waals surface area contributed by atoms with Crippen LogP contribution < -0.4 is 4.74 Å². The Kier molecular flexibility index (Phi) is 7.18. The van der Waals surface area contributed by atoms with Crippen LogP contribution in [0.5, 0.6) is 5.75 Å². The van der Waals surface area contributed by atoms with Crippen molar-refractivity contribution in [3.05, 3.63) is 58.9 Å². The molecular weight excluding hydrogens is 421 g/mol. The lowest BCUT2D eigenvalue weighted by atomic mass is 10.0. The predicted octanol–water partition coefficient (Wildman–Crippen LogP) is 5.58. The number of hydrogen-bond acceptors (Lipinski definition) is 5. The van der Waals surface area contributed by atoms with E-state index in [-0.39, 0.29) is 5.82 Å². The predicted molar refractivity (Wildman–Crippen MR) is 124 cm³/mol. The third-order valence-electron chi connectivity index (χ3n) is 5.72. The molecule has 1 saturated heterocycles. The van der Waals surface area contributed by atoms with E-state index in [4.69, 9.17) is 21.3 Å². The summed E-state index contributed by atoms with van der Waals surface area (Å²) in [6.45, 7) is 3.87. The van der Waals surface area contributed by atoms with E-state index in [1.54, 1.807) is 23.9 Å². The maximum absolute atomic E-state index is 12.9. The van der Waals surface area contributed by atoms with Gasteiger partial charge < -0.3 is 14.5 Å². The van der Waals surface area contributed by atoms with Crippen LogP contribution in [0.15, 0.2) is 47.5 Å². The SMILES string of the molecule is CN(C1=Nc2ccc(Cl)cc2CS1)C1CCN(CCCOc2ccc(F)cc2)CC1. The normalized spacial score (nSPS) is 17.4. The second kappa shape index (κ2) is 10.0. The number of rotatable bonds is 6. The van der Waals surface area contributed by atoms with Gasteiger partial charge in [-0.05, 0) is 67.3 Å². The molecule has 0 saturated carbocycles. The van der Waals surface area contributed by atoms with Gasteiger partial charge in [-0.2, -0.15) is 0 Å². The van der Waals surface area contributed by atoms with Crippen LogP contribution in [0.4, 0.5) is 10.1 Å². The number of nitrogens with zero attached hydrogens (tertiary/aromatic N) is 3. The van der Waals surface area contributed by atoms with Crippen LogP contribution in [0.25, 0.3) is 0 Å². The third-order valence-corrected chi connectivity index (χ3v) is 7.05. The molecule has 2 heterocycles. The summed E-state index contributed by atoms with van der Waals surface area (Å²) in [5.41, 5.74) is 2.25. The standard InChI is InChI=1S/C23H27ClFN3OS/c1-27(23-26-22-8-3-18(24)15-17(22)16-30-23)20-9-12-28(13-10-20)11-2-14-29-21-6-4-19(25)5-7-21/h3-8,15,20H,2,9-14,16H2,1H3. The molecule has 0 N–H and O–H groups in total. The maximum Gasteiger partial charge on any atom is 0.164 e. The first-order chi connectivity index (χ1) is 14.6. The lowest BCUT2D eigenvalue weighted by molar-refractivity contribution is 0.157. The zero-order chi connectivity index (χ0) is 20.9. The average molecular weight is 448 g/mol. The molecule has 0 aliphatic carbocycles. The van der Waals surface area contributed by atoms with E-state index in [9.17, 15) is 4.39 Å². The molecule has 0 bridgehead atoms. The Morgan fingerprint density at radius 3 is 2.73 bits per heavy atom. The van der Waals surface area contributed by atoms with E-state index in [2.05, 4.69) is 16.8 Å². The molecule has 2 aliphatic heterocycles. The van der Waals surface area contributed by atoms with Gasteiger partial charge in [-0.25, -0.2) is 9.38 Å². The second-order valence-corrected chi connectivity index (χ2v) is 9.17. The smallest absolute Gasteiger partial charge is 0.164 e. The maximum atomic E-state index is 12.9. The average Bonchev–Trinajstić information content (AvgIpc) is 2.77. The Bertz CT molecular complexity index is 885. The minimum absolute atomic E-state index is 0.235. The minimum Gasteiger partial charge on any atom is -0.494 e. The first-order valence-corrected chi connectivity index (χ1v) is 11.8. The van der Waals surface area contributed by atoms with E-state index < -0.39 is 0 Å². The summed E-state index contributed by atoms with van der Waals surface area (Å²) in [6.07, 6.45) is 3.25. The van der Waals surface area contributed by atoms with Gasteiger partial charge in [-0.1, -0.05) is 23.4 Å². The van der Waals surface area contributed by atoms with Crippen molar-refractivity contribution < 1.29 is 9.13 Å². The van der Waals surface area contributed by atoms with Crippen LogP contribution >= 0.6 is 23.4 Å². The van der Waals surface area contributed by atoms with Crippen molar-refractivity contribution in [2.45, 2.75) is 31.1 Å². The van der Waals surface area contributed by atoms with Gasteiger partial charge in [0.15, 0.2) is 5.17 Å². The number of benzene rings is 2. The molecule has 160 valence electrons. The highest BCUT2D eigenvalue weighted by molar-refractivity contribution is 8.13. The van der Waals surface area contributed by atoms with Crippen LogP contribution in [-0.2, 0) is 5.75 Å². The number of halogens is 2. The Morgan fingerprint density at radius 1 is 1.20 bits per heavy atom. The molecule has 0 amide bonds. The monoisotopic (exact) mass is 447 g/mol. The number of ether oxygens (including phenoxy) is 1. The van der Waals surface area contributed by atoms with Crippen LogP contribution in [0.2, 0.25) is 5.02 Å². The molecule has 2 aromatic carbocycles. The van der Waals surface area contributed by atoms with Gasteiger partial charge >= 0.3 is 0 Å². The summed E-state index contributed by atoms with van der Waals surface area (Å²) in [7, 11) is 2.17. The fraction of sp³-hybridized carbons (Fsp3) is 0.435. The van der Waals surface area contributed by atoms with Crippen molar-refractivity contribution in [1.29, 1.82) is 0 Å². The summed E-state index contributed by atoms with van der Waals surface area (Å²) in [5, 5.41) is 1.88. The molecule has 0 aromatic heterocycles. The van der Waals surface area contributed by atoms with Crippen molar-refractivity contribution >= 4 is 34.2 Å². The highest BCUT2D eigenvalue weighted by atomic mass is 35.5. The molecule has 0 atom stereocenters. The number of fused-ring (bicyclic) bond motifs is 1. The Hall–Kier alpha value is -1.76. The molecular formula is C23H27ClFN3OS. The third kappa shape index (κ3) is 5.48. The highest BCUT2D eigenvalue weighted by Crippen LogP contribution is 2.34. The molecule has 30 heavy (non-hydrogen) atoms. The molecule has 0 radical (unpaired) electrons. The van der Waals surface area contributed by atoms with Crippen LogP contribution in [0.1, 0.15) is 24.8 Å². The van der Waals surface area contributed by atoms with Gasteiger partial charge in [0.05, 0.1) is 12.3 Å². The van der Waals surface area contributed by atoms with Gasteiger partial charge in [-0.3, -0.25) is 0 Å². The van der Waals surface area contributed by atoms with Crippen molar-refractivity contribution in [2.24, 2.45) is 4.99 Å². The topological polar surface area (TPSA) is 28.1 Å². The summed E-state index contributed by atoms with van der Waals surface area (Å²) < 4.78 is 18.6. The number of piperidine rings is 1. The van der Waals surface area contributed by atoms with Crippen molar-refractivity contribution in [3.8, 4) is 5.75 Å². The van der Waals surface area contributed by atoms with Crippen LogP contribution in [0.3, 0.4) is 0 Å². The number of likely N-dealkylation sites (tertiary alicyclic amines) is 1. The summed E-state index contributed by atoms with van der Waals surface area (Å²) >= 11 is 7.90. The molecule has 2 aromatic rings. The molecule has 7 heteroatoms. The van der Waals surface area contributed by atoms with Gasteiger partial charge in [0.25, 0.3) is 0 Å². The number of hydrogen-bond donors (Lipinski definition) is 0. The fourth-order valence-corrected chi connectivity index (χ4v) is 5.16. The van der Waals surface area contributed by atoms with E-state index in [0.717, 1.165) is 66.3 Å². The number of aliphatic imine (C=N–C) groups is 1. The van der Waals surface area contributed by atoms with E-state index in [0.29, 0.717) is 12.6 Å². The molecule has 4 nitrogen and oxygen atoms in total. The van der Waals surface area contributed by atoms with Crippen LogP contribution in [-0.4, -0.2) is 54.3 Å². The fourth-order valence-electron chi connectivity index (χ4n) is 3.93. The Labute approximate surface area is 187 Å². The first-order valence-electron chi connectivity index (χ1n) is 10.4. The van der Waals surface area contributed by atoms with Crippen LogP contribution in [0, 0.1) is 5.82 Å². The lowest BCUT2D eigenvalue weighted by Gasteiger charge is -2.38. The van der Waals surface area contributed by atoms with Gasteiger partial charge in [0, 0.05) is 43.5 Å². The molecule has 2 aliphatic rings. The van der Waals surface area contributed by atoms with E-state index >= 15 is 0 Å². The largest absolute Gasteiger partial charge is 0.494 e. The highest BCUT2D eigenvalue weighted by Gasteiger charge is 2.26. The molecule has 0 spiro atoms. The number of thioether (sulfide) groups is 1. The minimum atomic E-state index is -0.235. The second-order valence-electron chi connectivity index (χ2n) is 7.80. The first kappa shape index (κ1) is 21.5. The van der Waals surface area contributed by atoms with Gasteiger partial charge in [-0.15, -0.1) is 0 Å². The summed E-state index contributed by atoms with van der Waals surface area (Å²) in [5.74, 6) is 1.42. The quantitative estimate of drug-likeness (QED) is 0.540. The number of amidine groups is 1. The summed E-state index contributed by atoms with van der Waals surface area (Å²) in [6, 6.07) is 12.7. The molecule has 0 unspecified atom stereocenters. The molecule has 4 rings (SSSR count). The van der Waals surface area contributed by atoms with Gasteiger partial charge in [0.2, 0.25) is 0 Å². The van der Waals surface area contributed by atoms with Crippen molar-refractivity contribution in [3.63, 3.8) is 0 Å². The Morgan fingerprint density at radius 2 is 1.97 bits per heavy atom. The van der Waals surface area contributed by atoms with Crippen molar-refractivity contribution in [2.75, 3.05) is 33.3 Å². The van der Waals surface area contributed by atoms with E-state index in [1.165, 1.54) is 17.7 Å². The lowest BCUT2D eigenvalue weighted by Crippen LogP contribution is -2.45. The van der Waals surface area contributed by atoms with Crippen molar-refractivity contribution in [1.82, 2.24) is 9.80 Å². The van der Waals surface area contributed by atoms with Gasteiger partial charge in [0.1, 0.15) is 11.6 Å². The zero-order valence-corrected chi connectivity index (χ0v) is 18.8. The zero-order valence-electron chi connectivity index (χ0n) is 17.2. The summed E-state index contributed by atoms with van der Waals surface area (Å²) in [4.78, 5) is 9.73.